The van der Waals surface area contributed by atoms with E-state index in [-0.39, 0.29) is 18.9 Å². The fraction of sp³-hybridized carbons (Fsp3) is 0.229. The predicted octanol–water partition coefficient (Wildman–Crippen LogP) is 7.02. The number of nitrogens with zero attached hydrogens (tertiary/aromatic N) is 1. The number of alkyl halides is 2. The third kappa shape index (κ3) is 4.04. The van der Waals surface area contributed by atoms with Crippen LogP contribution in [0.2, 0.25) is 0 Å². The lowest BCUT2D eigenvalue weighted by molar-refractivity contribution is -0.140. The maximum atomic E-state index is 13.9. The number of imide groups is 1. The highest BCUT2D eigenvalue weighted by molar-refractivity contribution is 6.36. The molecule has 4 aromatic carbocycles. The van der Waals surface area contributed by atoms with Crippen LogP contribution >= 0.6 is 23.2 Å². The molecule has 4 aliphatic rings. The summed E-state index contributed by atoms with van der Waals surface area (Å²) in [7, 11) is 0. The average Bonchev–Trinajstić information content (AvgIpc) is 3.27. The Kier molecular flexibility index (Phi) is 6.42. The number of halogens is 2. The Morgan fingerprint density at radius 3 is 1.72 bits per heavy atom. The van der Waals surface area contributed by atoms with E-state index in [1.165, 1.54) is 10.5 Å². The van der Waals surface area contributed by atoms with Gasteiger partial charge in [0.25, 0.3) is 0 Å². The Balaban J connectivity index is 1.07. The minimum Gasteiger partial charge on any atom is -0.457 e. The van der Waals surface area contributed by atoms with Gasteiger partial charge in [0.05, 0.1) is 11.8 Å². The van der Waals surface area contributed by atoms with Gasteiger partial charge in [-0.25, -0.2) is 0 Å². The second kappa shape index (κ2) is 9.97. The number of hydrogen-bond donors (Lipinski definition) is 1. The maximum absolute atomic E-state index is 13.9. The molecule has 0 unspecified atom stereocenters. The molecule has 0 aromatic heterocycles. The second-order valence-corrected chi connectivity index (χ2v) is 12.7. The first-order valence-corrected chi connectivity index (χ1v) is 15.0. The average molecular weight is 612 g/mol. The lowest BCUT2D eigenvalue weighted by Crippen LogP contribution is -2.57. The fourth-order valence-corrected chi connectivity index (χ4v) is 8.00. The smallest absolute Gasteiger partial charge is 0.235 e. The number of rotatable bonds is 6. The third-order valence-corrected chi connectivity index (χ3v) is 10.4. The van der Waals surface area contributed by atoms with Gasteiger partial charge in [-0.1, -0.05) is 54.6 Å². The Morgan fingerprint density at radius 2 is 1.23 bits per heavy atom. The van der Waals surface area contributed by atoms with Gasteiger partial charge < -0.3 is 10.1 Å². The van der Waals surface area contributed by atoms with Crippen molar-refractivity contribution in [3.8, 4) is 11.5 Å². The molecule has 4 aromatic rings. The molecule has 8 heteroatoms. The van der Waals surface area contributed by atoms with Crippen LogP contribution in [-0.2, 0) is 24.1 Å². The molecule has 1 fully saturated rings. The molecular weight excluding hydrogens is 583 g/mol. The highest BCUT2D eigenvalue weighted by atomic mass is 35.5. The van der Waals surface area contributed by atoms with Crippen molar-refractivity contribution in [3.05, 3.63) is 124 Å². The number of ether oxygens (including phenoxy) is 1. The molecule has 3 amide bonds. The number of aryl methyl sites for hydroxylation is 2. The summed E-state index contributed by atoms with van der Waals surface area (Å²) in [6.07, 6.45) is -0.0672. The summed E-state index contributed by atoms with van der Waals surface area (Å²) in [5.74, 6) is -1.52. The normalized spacial score (nSPS) is 24.8. The van der Waals surface area contributed by atoms with Gasteiger partial charge in [0.1, 0.15) is 21.2 Å². The molecule has 3 aliphatic carbocycles. The predicted molar refractivity (Wildman–Crippen MR) is 166 cm³/mol. The van der Waals surface area contributed by atoms with Crippen molar-refractivity contribution >= 4 is 46.6 Å². The topological polar surface area (TPSA) is 75.7 Å². The largest absolute Gasteiger partial charge is 0.457 e. The number of amides is 3. The Labute approximate surface area is 259 Å². The van der Waals surface area contributed by atoms with Crippen LogP contribution < -0.4 is 10.1 Å². The van der Waals surface area contributed by atoms with E-state index in [1.54, 1.807) is 24.3 Å². The number of benzene rings is 4. The minimum atomic E-state index is -1.24. The lowest BCUT2D eigenvalue weighted by atomic mass is 9.54. The number of nitrogens with one attached hydrogen (secondary N) is 1. The van der Waals surface area contributed by atoms with Gasteiger partial charge in [-0.2, -0.15) is 0 Å². The minimum absolute atomic E-state index is 0.0672. The molecule has 0 radical (unpaired) electrons. The SMILES string of the molecule is Cc1ccc(Oc2ccc(NC(=O)CCN3C(=O)[C@@H]4[C@H](C3=O)C3(Cl)c5ccccc5C4(Cl)c4ccccc43)cc2)cc1C. The van der Waals surface area contributed by atoms with Crippen molar-refractivity contribution in [2.24, 2.45) is 11.8 Å². The van der Waals surface area contributed by atoms with Crippen LogP contribution in [0, 0.1) is 25.7 Å². The fourth-order valence-electron chi connectivity index (χ4n) is 6.90. The molecular formula is C35H28Cl2N2O4. The molecule has 0 saturated carbocycles. The number of likely N-dealkylation sites (tertiary alicyclic amines) is 1. The van der Waals surface area contributed by atoms with Crippen LogP contribution in [0.5, 0.6) is 11.5 Å². The van der Waals surface area contributed by atoms with Gasteiger partial charge in [0.15, 0.2) is 0 Å². The van der Waals surface area contributed by atoms with Crippen molar-refractivity contribution < 1.29 is 19.1 Å². The van der Waals surface area contributed by atoms with Gasteiger partial charge in [-0.3, -0.25) is 19.3 Å². The molecule has 8 rings (SSSR count). The lowest BCUT2D eigenvalue weighted by Gasteiger charge is -2.54. The highest BCUT2D eigenvalue weighted by Crippen LogP contribution is 2.69. The van der Waals surface area contributed by atoms with Crippen molar-refractivity contribution in [3.63, 3.8) is 0 Å². The van der Waals surface area contributed by atoms with E-state index in [2.05, 4.69) is 5.32 Å². The first kappa shape index (κ1) is 27.7. The van der Waals surface area contributed by atoms with Gasteiger partial charge >= 0.3 is 0 Å². The first-order valence-electron chi connectivity index (χ1n) is 14.2. The van der Waals surface area contributed by atoms with E-state index in [1.807, 2.05) is 80.6 Å². The molecule has 2 bridgehead atoms. The van der Waals surface area contributed by atoms with Gasteiger partial charge in [0, 0.05) is 18.7 Å². The zero-order valence-corrected chi connectivity index (χ0v) is 25.1. The summed E-state index contributed by atoms with van der Waals surface area (Å²) < 4.78 is 5.93. The van der Waals surface area contributed by atoms with Gasteiger partial charge in [-0.15, -0.1) is 23.2 Å². The molecule has 6 nitrogen and oxygen atoms in total. The summed E-state index contributed by atoms with van der Waals surface area (Å²) in [6.45, 7) is 4.00. The van der Waals surface area contributed by atoms with Crippen LogP contribution in [0.3, 0.4) is 0 Å². The number of carbonyl (C=O) groups is 3. The molecule has 1 N–H and O–H groups in total. The van der Waals surface area contributed by atoms with Gasteiger partial charge in [0.2, 0.25) is 17.7 Å². The molecule has 43 heavy (non-hydrogen) atoms. The Bertz CT molecular complexity index is 1700. The molecule has 2 atom stereocenters. The van der Waals surface area contributed by atoms with E-state index in [9.17, 15) is 14.4 Å². The van der Waals surface area contributed by atoms with E-state index in [0.717, 1.165) is 33.6 Å². The molecule has 1 saturated heterocycles. The van der Waals surface area contributed by atoms with Crippen LogP contribution in [0.15, 0.2) is 91.0 Å². The molecule has 0 spiro atoms. The van der Waals surface area contributed by atoms with Crippen molar-refractivity contribution in [1.82, 2.24) is 4.90 Å². The van der Waals surface area contributed by atoms with Crippen LogP contribution in [0.25, 0.3) is 0 Å². The highest BCUT2D eigenvalue weighted by Gasteiger charge is 2.72. The summed E-state index contributed by atoms with van der Waals surface area (Å²) in [5.41, 5.74) is 5.89. The number of hydrogen-bond acceptors (Lipinski definition) is 4. The molecule has 216 valence electrons. The van der Waals surface area contributed by atoms with E-state index in [0.29, 0.717) is 11.4 Å². The van der Waals surface area contributed by atoms with Crippen LogP contribution in [-0.4, -0.2) is 29.2 Å². The molecule has 1 heterocycles. The van der Waals surface area contributed by atoms with E-state index in [4.69, 9.17) is 27.9 Å². The van der Waals surface area contributed by atoms with Crippen LogP contribution in [0.1, 0.15) is 39.8 Å². The first-order chi connectivity index (χ1) is 20.6. The number of anilines is 1. The van der Waals surface area contributed by atoms with Gasteiger partial charge in [-0.05, 0) is 83.6 Å². The van der Waals surface area contributed by atoms with Crippen molar-refractivity contribution in [1.29, 1.82) is 0 Å². The van der Waals surface area contributed by atoms with E-state index >= 15 is 0 Å². The zero-order valence-electron chi connectivity index (χ0n) is 23.6. The summed E-state index contributed by atoms with van der Waals surface area (Å²) in [6, 6.07) is 27.9. The third-order valence-electron chi connectivity index (χ3n) is 9.09. The monoisotopic (exact) mass is 610 g/mol. The Morgan fingerprint density at radius 1 is 0.744 bits per heavy atom. The van der Waals surface area contributed by atoms with Crippen LogP contribution in [0.4, 0.5) is 5.69 Å². The van der Waals surface area contributed by atoms with E-state index < -0.39 is 33.4 Å². The molecule has 1 aliphatic heterocycles. The number of carbonyl (C=O) groups excluding carboxylic acids is 3. The summed E-state index contributed by atoms with van der Waals surface area (Å²) >= 11 is 14.9. The van der Waals surface area contributed by atoms with Crippen molar-refractivity contribution in [2.45, 2.75) is 30.0 Å². The summed E-state index contributed by atoms with van der Waals surface area (Å²) in [5, 5.41) is 2.84. The Hall–Kier alpha value is -4.13. The quantitative estimate of drug-likeness (QED) is 0.188. The maximum Gasteiger partial charge on any atom is 0.235 e. The second-order valence-electron chi connectivity index (χ2n) is 11.5. The summed E-state index contributed by atoms with van der Waals surface area (Å²) in [4.78, 5) is 39.5. The standard InChI is InChI=1S/C35H28Cl2N2O4/c1-20-11-14-24(19-21(20)2)43-23-15-12-22(13-16-23)38-29(40)17-18-39-32(41)30-31(33(39)42)35(37)26-8-4-3-7-25(26)34(30,36)27-9-5-6-10-28(27)35/h3-16,19,30-31H,17-18H2,1-2H3,(H,38,40)/t30-,31+,34?,35?. The zero-order chi connectivity index (χ0) is 30.1. The van der Waals surface area contributed by atoms with Crippen molar-refractivity contribution in [2.75, 3.05) is 11.9 Å².